The number of hydrogen-bond acceptors (Lipinski definition) is 5. The largest absolute Gasteiger partial charge is 0.496 e. The number of pyridine rings is 1. The molecule has 7 nitrogen and oxygen atoms in total. The van der Waals surface area contributed by atoms with E-state index in [9.17, 15) is 14.3 Å². The maximum absolute atomic E-state index is 14.4. The van der Waals surface area contributed by atoms with Crippen LogP contribution in [0.2, 0.25) is 0 Å². The van der Waals surface area contributed by atoms with E-state index in [1.54, 1.807) is 25.1 Å². The third kappa shape index (κ3) is 4.36. The number of methoxy groups -OCH3 is 1. The fraction of sp³-hybridized carbons (Fsp3) is 0.393. The van der Waals surface area contributed by atoms with Gasteiger partial charge in [-0.1, -0.05) is 11.2 Å². The molecule has 1 saturated carbocycles. The Morgan fingerprint density at radius 2 is 2.00 bits per heavy atom. The molecule has 0 radical (unpaired) electrons. The molecule has 1 aromatic carbocycles. The van der Waals surface area contributed by atoms with Crippen molar-refractivity contribution in [1.29, 1.82) is 0 Å². The number of halogens is 1. The van der Waals surface area contributed by atoms with Crippen LogP contribution in [0.4, 0.5) is 4.39 Å². The van der Waals surface area contributed by atoms with Crippen molar-refractivity contribution in [1.82, 2.24) is 14.7 Å². The third-order valence-electron chi connectivity index (χ3n) is 7.38. The molecule has 36 heavy (non-hydrogen) atoms. The van der Waals surface area contributed by atoms with E-state index in [0.717, 1.165) is 64.1 Å². The van der Waals surface area contributed by atoms with E-state index in [1.807, 2.05) is 20.0 Å². The van der Waals surface area contributed by atoms with Crippen LogP contribution in [-0.4, -0.2) is 38.6 Å². The summed E-state index contributed by atoms with van der Waals surface area (Å²) in [7, 11) is 1.46. The highest BCUT2D eigenvalue weighted by molar-refractivity contribution is 5.97. The molecule has 0 aliphatic heterocycles. The van der Waals surface area contributed by atoms with Crippen molar-refractivity contribution in [3.05, 3.63) is 53.7 Å². The van der Waals surface area contributed by atoms with Gasteiger partial charge in [-0.05, 0) is 76.1 Å². The predicted molar refractivity (Wildman–Crippen MR) is 135 cm³/mol. The number of carbonyl (C=O) groups is 1. The Morgan fingerprint density at radius 3 is 2.64 bits per heavy atom. The van der Waals surface area contributed by atoms with Gasteiger partial charge in [0.15, 0.2) is 0 Å². The van der Waals surface area contributed by atoms with Gasteiger partial charge in [-0.15, -0.1) is 0 Å². The molecule has 0 atom stereocenters. The number of aryl methyl sites for hydroxylation is 2. The van der Waals surface area contributed by atoms with Crippen LogP contribution in [0.1, 0.15) is 54.4 Å². The van der Waals surface area contributed by atoms with Crippen molar-refractivity contribution < 1.29 is 23.6 Å². The Morgan fingerprint density at radius 1 is 1.25 bits per heavy atom. The van der Waals surface area contributed by atoms with E-state index in [0.29, 0.717) is 24.5 Å². The topological polar surface area (TPSA) is 90.4 Å². The average Bonchev–Trinajstić information content (AvgIpc) is 3.38. The van der Waals surface area contributed by atoms with Gasteiger partial charge in [-0.3, -0.25) is 4.98 Å². The second-order valence-corrected chi connectivity index (χ2v) is 10.1. The van der Waals surface area contributed by atoms with Crippen LogP contribution in [0.3, 0.4) is 0 Å². The maximum Gasteiger partial charge on any atom is 0.339 e. The van der Waals surface area contributed by atoms with Gasteiger partial charge in [0.1, 0.15) is 22.7 Å². The number of aromatic nitrogens is 3. The molecule has 0 amide bonds. The Bertz CT molecular complexity index is 1420. The number of benzene rings is 1. The highest BCUT2D eigenvalue weighted by Crippen LogP contribution is 2.39. The van der Waals surface area contributed by atoms with Gasteiger partial charge in [0.25, 0.3) is 0 Å². The van der Waals surface area contributed by atoms with E-state index < -0.39 is 11.6 Å². The van der Waals surface area contributed by atoms with Crippen molar-refractivity contribution in [3.63, 3.8) is 0 Å². The summed E-state index contributed by atoms with van der Waals surface area (Å²) in [4.78, 5) is 16.4. The van der Waals surface area contributed by atoms with Crippen molar-refractivity contribution >= 4 is 17.0 Å². The van der Waals surface area contributed by atoms with Crippen molar-refractivity contribution in [2.24, 2.45) is 5.92 Å². The van der Waals surface area contributed by atoms with Gasteiger partial charge in [-0.25, -0.2) is 9.18 Å². The van der Waals surface area contributed by atoms with Crippen molar-refractivity contribution in [2.75, 3.05) is 7.11 Å². The van der Waals surface area contributed by atoms with Gasteiger partial charge in [0.05, 0.1) is 23.8 Å². The summed E-state index contributed by atoms with van der Waals surface area (Å²) in [6.45, 7) is 6.24. The number of ether oxygens (including phenoxy) is 1. The summed E-state index contributed by atoms with van der Waals surface area (Å²) in [6.07, 6.45) is 6.69. The van der Waals surface area contributed by atoms with Crippen LogP contribution in [-0.2, 0) is 6.54 Å². The van der Waals surface area contributed by atoms with Crippen LogP contribution >= 0.6 is 0 Å². The van der Waals surface area contributed by atoms with E-state index >= 15 is 0 Å². The Hall–Kier alpha value is -3.68. The minimum Gasteiger partial charge on any atom is -0.496 e. The van der Waals surface area contributed by atoms with E-state index in [2.05, 4.69) is 22.0 Å². The summed E-state index contributed by atoms with van der Waals surface area (Å²) >= 11 is 0. The molecular weight excluding hydrogens is 461 g/mol. The molecule has 1 N–H and O–H groups in total. The molecule has 4 aromatic rings. The first-order chi connectivity index (χ1) is 17.2. The predicted octanol–water partition coefficient (Wildman–Crippen LogP) is 6.60. The summed E-state index contributed by atoms with van der Waals surface area (Å²) in [5, 5.41) is 13.6. The van der Waals surface area contributed by atoms with Crippen LogP contribution in [0, 0.1) is 19.8 Å². The number of hydrogen-bond donors (Lipinski definition) is 1. The molecule has 0 bridgehead atoms. The van der Waals surface area contributed by atoms with Gasteiger partial charge >= 0.3 is 5.97 Å². The minimum absolute atomic E-state index is 0.107. The number of carboxylic acids is 1. The smallest absolute Gasteiger partial charge is 0.339 e. The molecule has 5 rings (SSSR count). The number of nitrogens with zero attached hydrogens (tertiary/aromatic N) is 3. The lowest BCUT2D eigenvalue weighted by molar-refractivity contribution is 0.0693. The first-order valence-corrected chi connectivity index (χ1v) is 12.2. The van der Waals surface area contributed by atoms with Gasteiger partial charge in [0.2, 0.25) is 0 Å². The molecule has 3 aromatic heterocycles. The first kappa shape index (κ1) is 24.0. The summed E-state index contributed by atoms with van der Waals surface area (Å²) in [5.41, 5.74) is 5.14. The molecule has 0 saturated heterocycles. The quantitative estimate of drug-likeness (QED) is 0.327. The average molecular weight is 492 g/mol. The van der Waals surface area contributed by atoms with E-state index in [4.69, 9.17) is 14.2 Å². The zero-order chi connectivity index (χ0) is 25.6. The maximum atomic E-state index is 14.4. The van der Waals surface area contributed by atoms with Crippen LogP contribution in [0.5, 0.6) is 5.75 Å². The molecule has 1 aliphatic carbocycles. The fourth-order valence-electron chi connectivity index (χ4n) is 5.34. The SMILES string of the molecule is COc1cc(-c2cn(CC3CCC(C)(F)CC3)c3cc(-c4c(C)noc4C)cnc23)ccc1C(=O)O. The number of fused-ring (bicyclic) bond motifs is 1. The van der Waals surface area contributed by atoms with Crippen molar-refractivity contribution in [3.8, 4) is 28.0 Å². The highest BCUT2D eigenvalue weighted by atomic mass is 19.1. The molecule has 0 spiro atoms. The number of alkyl halides is 1. The first-order valence-electron chi connectivity index (χ1n) is 12.2. The molecule has 8 heteroatoms. The van der Waals surface area contributed by atoms with Gasteiger partial charge < -0.3 is 18.9 Å². The zero-order valence-electron chi connectivity index (χ0n) is 21.0. The summed E-state index contributed by atoms with van der Waals surface area (Å²) in [6, 6.07) is 7.18. The lowest BCUT2D eigenvalue weighted by Crippen LogP contribution is -2.27. The second kappa shape index (κ2) is 9.08. The summed E-state index contributed by atoms with van der Waals surface area (Å²) in [5.74, 6) is 0.349. The molecule has 1 fully saturated rings. The van der Waals surface area contributed by atoms with Crippen LogP contribution < -0.4 is 4.74 Å². The van der Waals surface area contributed by atoms with E-state index in [1.165, 1.54) is 7.11 Å². The third-order valence-corrected chi connectivity index (χ3v) is 7.38. The van der Waals surface area contributed by atoms with Crippen molar-refractivity contribution in [2.45, 2.75) is 58.7 Å². The highest BCUT2D eigenvalue weighted by Gasteiger charge is 2.31. The van der Waals surface area contributed by atoms with Gasteiger partial charge in [0, 0.05) is 35.6 Å². The Balaban J connectivity index is 1.62. The lowest BCUT2D eigenvalue weighted by Gasteiger charge is -2.31. The summed E-state index contributed by atoms with van der Waals surface area (Å²) < 4.78 is 27.4. The molecule has 1 aliphatic rings. The fourth-order valence-corrected chi connectivity index (χ4v) is 5.34. The molecule has 188 valence electrons. The zero-order valence-corrected chi connectivity index (χ0v) is 21.0. The number of rotatable bonds is 6. The number of carboxylic acid groups (broad SMARTS) is 1. The second-order valence-electron chi connectivity index (χ2n) is 10.1. The minimum atomic E-state index is -1.08. The van der Waals surface area contributed by atoms with Gasteiger partial charge in [-0.2, -0.15) is 0 Å². The van der Waals surface area contributed by atoms with Crippen LogP contribution in [0.15, 0.2) is 41.2 Å². The van der Waals surface area contributed by atoms with Crippen LogP contribution in [0.25, 0.3) is 33.3 Å². The monoisotopic (exact) mass is 491 g/mol. The standard InChI is InChI=1S/C28H30FN3O4/c1-16-25(17(2)36-31-16)20-11-23-26(30-13-20)22(19-5-6-21(27(33)34)24(12-19)35-4)15-32(23)14-18-7-9-28(3,29)10-8-18/h5-6,11-13,15,18H,7-10,14H2,1-4H3,(H,33,34). The number of aromatic carboxylic acids is 1. The normalized spacial score (nSPS) is 20.1. The Labute approximate surface area is 208 Å². The molecule has 0 unspecified atom stereocenters. The van der Waals surface area contributed by atoms with E-state index in [-0.39, 0.29) is 5.56 Å². The Kier molecular flexibility index (Phi) is 6.06. The lowest BCUT2D eigenvalue weighted by atomic mass is 9.81. The molecule has 3 heterocycles. The molecular formula is C28H30FN3O4.